The van der Waals surface area contributed by atoms with Crippen LogP contribution in [0.1, 0.15) is 10.4 Å². The minimum absolute atomic E-state index is 0.0666. The molecular formula is C24H27N3O4S. The Morgan fingerprint density at radius 3 is 2.41 bits per heavy atom. The first-order valence-corrected chi connectivity index (χ1v) is 12.2. The van der Waals surface area contributed by atoms with Gasteiger partial charge in [0, 0.05) is 38.3 Å². The zero-order chi connectivity index (χ0) is 22.6. The van der Waals surface area contributed by atoms with E-state index < -0.39 is 10.0 Å². The normalized spacial score (nSPS) is 15.0. The average molecular weight is 454 g/mol. The number of hydrogen-bond acceptors (Lipinski definition) is 5. The fourth-order valence-electron chi connectivity index (χ4n) is 4.04. The Balaban J connectivity index is 1.33. The molecule has 1 saturated heterocycles. The van der Waals surface area contributed by atoms with E-state index in [0.29, 0.717) is 31.7 Å². The molecule has 1 amide bonds. The topological polar surface area (TPSA) is 79.0 Å². The fourth-order valence-corrected chi connectivity index (χ4v) is 5.38. The smallest absolute Gasteiger partial charge is 0.251 e. The van der Waals surface area contributed by atoms with Gasteiger partial charge in [0.1, 0.15) is 5.75 Å². The van der Waals surface area contributed by atoms with Crippen molar-refractivity contribution in [3.05, 3.63) is 72.3 Å². The SMILES string of the molecule is COc1ccccc1N1CCN(S(=O)(=O)CCNC(=O)c2cccc3ccccc23)CC1. The molecule has 0 aromatic heterocycles. The van der Waals surface area contributed by atoms with E-state index in [1.54, 1.807) is 13.2 Å². The van der Waals surface area contributed by atoms with Crippen LogP contribution >= 0.6 is 0 Å². The van der Waals surface area contributed by atoms with Crippen molar-refractivity contribution < 1.29 is 17.9 Å². The molecule has 0 atom stereocenters. The molecule has 0 aliphatic carbocycles. The fraction of sp³-hybridized carbons (Fsp3) is 0.292. The number of piperazine rings is 1. The molecule has 1 aliphatic heterocycles. The Kier molecular flexibility index (Phi) is 6.62. The van der Waals surface area contributed by atoms with Crippen molar-refractivity contribution in [2.75, 3.05) is 50.5 Å². The lowest BCUT2D eigenvalue weighted by molar-refractivity contribution is 0.0957. The third kappa shape index (κ3) is 4.71. The van der Waals surface area contributed by atoms with Gasteiger partial charge < -0.3 is 15.0 Å². The van der Waals surface area contributed by atoms with Gasteiger partial charge in [0.15, 0.2) is 0 Å². The average Bonchev–Trinajstić information content (AvgIpc) is 2.83. The second-order valence-corrected chi connectivity index (χ2v) is 9.75. The highest BCUT2D eigenvalue weighted by molar-refractivity contribution is 7.89. The molecular weight excluding hydrogens is 426 g/mol. The maximum absolute atomic E-state index is 12.8. The lowest BCUT2D eigenvalue weighted by Gasteiger charge is -2.36. The molecule has 1 fully saturated rings. The molecule has 4 rings (SSSR count). The molecule has 8 heteroatoms. The molecule has 0 spiro atoms. The molecule has 1 heterocycles. The third-order valence-electron chi connectivity index (χ3n) is 5.74. The molecule has 7 nitrogen and oxygen atoms in total. The number of sulfonamides is 1. The molecule has 3 aromatic carbocycles. The Morgan fingerprint density at radius 1 is 0.938 bits per heavy atom. The van der Waals surface area contributed by atoms with Crippen molar-refractivity contribution >= 4 is 32.4 Å². The predicted molar refractivity (Wildman–Crippen MR) is 127 cm³/mol. The van der Waals surface area contributed by atoms with E-state index in [2.05, 4.69) is 10.2 Å². The minimum atomic E-state index is -3.46. The summed E-state index contributed by atoms with van der Waals surface area (Å²) in [6.45, 7) is 2.04. The molecule has 3 aromatic rings. The minimum Gasteiger partial charge on any atom is -0.495 e. The second-order valence-electron chi connectivity index (χ2n) is 7.66. The maximum Gasteiger partial charge on any atom is 0.251 e. The zero-order valence-corrected chi connectivity index (χ0v) is 18.8. The Morgan fingerprint density at radius 2 is 1.62 bits per heavy atom. The van der Waals surface area contributed by atoms with Crippen LogP contribution in [-0.2, 0) is 10.0 Å². The van der Waals surface area contributed by atoms with Gasteiger partial charge in [-0.2, -0.15) is 4.31 Å². The summed E-state index contributed by atoms with van der Waals surface area (Å²) >= 11 is 0. The number of methoxy groups -OCH3 is 1. The van der Waals surface area contributed by atoms with Crippen LogP contribution < -0.4 is 15.0 Å². The Labute approximate surface area is 188 Å². The number of nitrogens with zero attached hydrogens (tertiary/aromatic N) is 2. The summed E-state index contributed by atoms with van der Waals surface area (Å²) < 4.78 is 32.5. The van der Waals surface area contributed by atoms with Crippen LogP contribution in [0.4, 0.5) is 5.69 Å². The van der Waals surface area contributed by atoms with E-state index in [4.69, 9.17) is 4.74 Å². The Bertz CT molecular complexity index is 1200. The summed E-state index contributed by atoms with van der Waals surface area (Å²) in [7, 11) is -1.83. The van der Waals surface area contributed by atoms with Crippen LogP contribution in [0, 0.1) is 0 Å². The number of ether oxygens (including phenoxy) is 1. The number of anilines is 1. The third-order valence-corrected chi connectivity index (χ3v) is 7.61. The van der Waals surface area contributed by atoms with Gasteiger partial charge >= 0.3 is 0 Å². The van der Waals surface area contributed by atoms with Gasteiger partial charge in [-0.3, -0.25) is 4.79 Å². The van der Waals surface area contributed by atoms with Crippen molar-refractivity contribution in [2.45, 2.75) is 0 Å². The van der Waals surface area contributed by atoms with Gasteiger partial charge in [-0.1, -0.05) is 48.5 Å². The van der Waals surface area contributed by atoms with Crippen molar-refractivity contribution in [3.8, 4) is 5.75 Å². The van der Waals surface area contributed by atoms with Crippen LogP contribution in [0.15, 0.2) is 66.7 Å². The van der Waals surface area contributed by atoms with Crippen LogP contribution in [-0.4, -0.2) is 64.2 Å². The predicted octanol–water partition coefficient (Wildman–Crippen LogP) is 2.73. The van der Waals surface area contributed by atoms with Crippen LogP contribution in [0.3, 0.4) is 0 Å². The number of nitrogens with one attached hydrogen (secondary N) is 1. The molecule has 0 radical (unpaired) electrons. The van der Waals surface area contributed by atoms with Crippen molar-refractivity contribution in [1.82, 2.24) is 9.62 Å². The number of fused-ring (bicyclic) bond motifs is 1. The summed E-state index contributed by atoms with van der Waals surface area (Å²) in [6, 6.07) is 20.9. The van der Waals surface area contributed by atoms with Gasteiger partial charge in [0.25, 0.3) is 5.91 Å². The highest BCUT2D eigenvalue weighted by atomic mass is 32.2. The van der Waals surface area contributed by atoms with E-state index in [1.807, 2.05) is 60.7 Å². The van der Waals surface area contributed by atoms with Gasteiger partial charge in [0.05, 0.1) is 18.6 Å². The van der Waals surface area contributed by atoms with Gasteiger partial charge in [-0.05, 0) is 29.0 Å². The lowest BCUT2D eigenvalue weighted by Crippen LogP contribution is -2.50. The van der Waals surface area contributed by atoms with Crippen LogP contribution in [0.2, 0.25) is 0 Å². The number of carbonyl (C=O) groups excluding carboxylic acids is 1. The van der Waals surface area contributed by atoms with E-state index >= 15 is 0 Å². The largest absolute Gasteiger partial charge is 0.495 e. The van der Waals surface area contributed by atoms with Crippen molar-refractivity contribution in [2.24, 2.45) is 0 Å². The summed E-state index contributed by atoms with van der Waals surface area (Å²) in [5, 5.41) is 4.59. The molecule has 32 heavy (non-hydrogen) atoms. The van der Waals surface area contributed by atoms with Crippen LogP contribution in [0.25, 0.3) is 10.8 Å². The number of rotatable bonds is 7. The second kappa shape index (κ2) is 9.58. The standard InChI is InChI=1S/C24H27N3O4S/c1-31-23-12-5-4-11-22(23)26-14-16-27(17-15-26)32(29,30)18-13-25-24(28)21-10-6-8-19-7-2-3-9-20(19)21/h2-12H,13-18H2,1H3,(H,25,28). The molecule has 0 saturated carbocycles. The number of hydrogen-bond donors (Lipinski definition) is 1. The molecule has 0 unspecified atom stereocenters. The summed E-state index contributed by atoms with van der Waals surface area (Å²) in [5.41, 5.74) is 1.51. The Hall–Kier alpha value is -3.10. The highest BCUT2D eigenvalue weighted by Gasteiger charge is 2.27. The van der Waals surface area contributed by atoms with Gasteiger partial charge in [-0.25, -0.2) is 8.42 Å². The number of benzene rings is 3. The number of carbonyl (C=O) groups is 1. The quantitative estimate of drug-likeness (QED) is 0.595. The zero-order valence-electron chi connectivity index (χ0n) is 18.0. The van der Waals surface area contributed by atoms with E-state index in [9.17, 15) is 13.2 Å². The monoisotopic (exact) mass is 453 g/mol. The van der Waals surface area contributed by atoms with E-state index in [1.165, 1.54) is 4.31 Å². The van der Waals surface area contributed by atoms with Gasteiger partial charge in [-0.15, -0.1) is 0 Å². The highest BCUT2D eigenvalue weighted by Crippen LogP contribution is 2.28. The first kappa shape index (κ1) is 22.1. The summed E-state index contributed by atoms with van der Waals surface area (Å²) in [5.74, 6) is 0.385. The maximum atomic E-state index is 12.8. The first-order valence-electron chi connectivity index (χ1n) is 10.6. The lowest BCUT2D eigenvalue weighted by atomic mass is 10.0. The number of para-hydroxylation sites is 2. The molecule has 168 valence electrons. The molecule has 0 bridgehead atoms. The van der Waals surface area contributed by atoms with Crippen molar-refractivity contribution in [1.29, 1.82) is 0 Å². The van der Waals surface area contributed by atoms with Crippen molar-refractivity contribution in [3.63, 3.8) is 0 Å². The number of amides is 1. The summed E-state index contributed by atoms with van der Waals surface area (Å²) in [6.07, 6.45) is 0. The summed E-state index contributed by atoms with van der Waals surface area (Å²) in [4.78, 5) is 14.8. The van der Waals surface area contributed by atoms with E-state index in [0.717, 1.165) is 22.2 Å². The molecule has 1 aliphatic rings. The van der Waals surface area contributed by atoms with Gasteiger partial charge in [0.2, 0.25) is 10.0 Å². The van der Waals surface area contributed by atoms with Crippen LogP contribution in [0.5, 0.6) is 5.75 Å². The first-order chi connectivity index (χ1) is 15.5. The molecule has 1 N–H and O–H groups in total. The van der Waals surface area contributed by atoms with E-state index in [-0.39, 0.29) is 18.2 Å².